The molecule has 0 aromatic heterocycles. The predicted octanol–water partition coefficient (Wildman–Crippen LogP) is 3.20. The summed E-state index contributed by atoms with van der Waals surface area (Å²) in [4.78, 5) is 0. The molecule has 88 valence electrons. The molecule has 2 aromatic carbocycles. The van der Waals surface area contributed by atoms with E-state index < -0.39 is 0 Å². The summed E-state index contributed by atoms with van der Waals surface area (Å²) < 4.78 is 0. The molecule has 0 spiro atoms. The van der Waals surface area contributed by atoms with Crippen LogP contribution in [0, 0.1) is 18.8 Å². The molecule has 2 nitrogen and oxygen atoms in total. The van der Waals surface area contributed by atoms with E-state index in [1.54, 1.807) is 0 Å². The quantitative estimate of drug-likeness (QED) is 0.350. The van der Waals surface area contributed by atoms with Crippen molar-refractivity contribution in [3.63, 3.8) is 0 Å². The molecule has 0 heterocycles. The van der Waals surface area contributed by atoms with Crippen molar-refractivity contribution in [3.8, 4) is 11.8 Å². The van der Waals surface area contributed by atoms with Crippen LogP contribution in [0.1, 0.15) is 22.3 Å². The SMILES string of the molecule is Cc1ccccc1C#Cc1ccccc1/C=N/O. The Morgan fingerprint density at radius 1 is 0.944 bits per heavy atom. The first-order chi connectivity index (χ1) is 8.81. The molecule has 18 heavy (non-hydrogen) atoms. The van der Waals surface area contributed by atoms with Gasteiger partial charge in [0, 0.05) is 16.7 Å². The Labute approximate surface area is 107 Å². The first-order valence-corrected chi connectivity index (χ1v) is 5.65. The molecule has 1 N–H and O–H groups in total. The molecule has 0 saturated heterocycles. The van der Waals surface area contributed by atoms with E-state index in [2.05, 4.69) is 17.0 Å². The Bertz CT molecular complexity index is 633. The maximum Gasteiger partial charge on any atom is 0.0746 e. The Kier molecular flexibility index (Phi) is 3.78. The largest absolute Gasteiger partial charge is 0.411 e. The second kappa shape index (κ2) is 5.70. The third-order valence-electron chi connectivity index (χ3n) is 2.63. The van der Waals surface area contributed by atoms with Crippen LogP contribution >= 0.6 is 0 Å². The van der Waals surface area contributed by atoms with Crippen molar-refractivity contribution in [3.05, 3.63) is 70.8 Å². The van der Waals surface area contributed by atoms with Crippen molar-refractivity contribution < 1.29 is 5.21 Å². The summed E-state index contributed by atoms with van der Waals surface area (Å²) in [7, 11) is 0. The highest BCUT2D eigenvalue weighted by molar-refractivity contribution is 5.83. The molecule has 2 aromatic rings. The van der Waals surface area contributed by atoms with Gasteiger partial charge in [0.05, 0.1) is 6.21 Å². The highest BCUT2D eigenvalue weighted by Gasteiger charge is 1.96. The van der Waals surface area contributed by atoms with Crippen molar-refractivity contribution in [2.24, 2.45) is 5.16 Å². The first-order valence-electron chi connectivity index (χ1n) is 5.65. The molecule has 2 heteroatoms. The van der Waals surface area contributed by atoms with E-state index in [9.17, 15) is 0 Å². The lowest BCUT2D eigenvalue weighted by Crippen LogP contribution is -1.87. The summed E-state index contributed by atoms with van der Waals surface area (Å²) in [5, 5.41) is 11.6. The molecule has 0 fully saturated rings. The Balaban J connectivity index is 2.39. The summed E-state index contributed by atoms with van der Waals surface area (Å²) in [5.74, 6) is 6.24. The summed E-state index contributed by atoms with van der Waals surface area (Å²) in [6.07, 6.45) is 1.39. The number of benzene rings is 2. The highest BCUT2D eigenvalue weighted by atomic mass is 16.4. The third-order valence-corrected chi connectivity index (χ3v) is 2.63. The van der Waals surface area contributed by atoms with Gasteiger partial charge in [-0.05, 0) is 24.6 Å². The summed E-state index contributed by atoms with van der Waals surface area (Å²) in [6, 6.07) is 15.6. The maximum atomic E-state index is 8.59. The van der Waals surface area contributed by atoms with E-state index in [4.69, 9.17) is 5.21 Å². The van der Waals surface area contributed by atoms with Crippen LogP contribution in [0.4, 0.5) is 0 Å². The van der Waals surface area contributed by atoms with Gasteiger partial charge < -0.3 is 5.21 Å². The number of oxime groups is 1. The van der Waals surface area contributed by atoms with Gasteiger partial charge in [-0.1, -0.05) is 53.4 Å². The number of rotatable bonds is 1. The number of aryl methyl sites for hydroxylation is 1. The van der Waals surface area contributed by atoms with Gasteiger partial charge >= 0.3 is 0 Å². The van der Waals surface area contributed by atoms with Gasteiger partial charge in [-0.3, -0.25) is 0 Å². The van der Waals surface area contributed by atoms with E-state index in [1.165, 1.54) is 6.21 Å². The van der Waals surface area contributed by atoms with E-state index in [0.717, 1.165) is 22.3 Å². The minimum absolute atomic E-state index is 0.807. The Morgan fingerprint density at radius 2 is 1.56 bits per heavy atom. The van der Waals surface area contributed by atoms with Crippen LogP contribution in [0.3, 0.4) is 0 Å². The zero-order chi connectivity index (χ0) is 12.8. The number of hydrogen-bond acceptors (Lipinski definition) is 2. The molecule has 0 amide bonds. The lowest BCUT2D eigenvalue weighted by molar-refractivity contribution is 0.322. The van der Waals surface area contributed by atoms with Crippen molar-refractivity contribution in [2.75, 3.05) is 0 Å². The van der Waals surface area contributed by atoms with Gasteiger partial charge in [0.15, 0.2) is 0 Å². The topological polar surface area (TPSA) is 32.6 Å². The molecule has 0 saturated carbocycles. The van der Waals surface area contributed by atoms with E-state index in [-0.39, 0.29) is 0 Å². The molecular weight excluding hydrogens is 222 g/mol. The van der Waals surface area contributed by atoms with E-state index >= 15 is 0 Å². The maximum absolute atomic E-state index is 8.59. The molecule has 0 aliphatic rings. The summed E-state index contributed by atoms with van der Waals surface area (Å²) >= 11 is 0. The average Bonchev–Trinajstić information content (AvgIpc) is 2.40. The standard InChI is InChI=1S/C16H13NO/c1-13-6-2-3-7-14(13)10-11-15-8-4-5-9-16(15)12-17-18/h2-9,12,18H,1H3/b17-12+. The van der Waals surface area contributed by atoms with Gasteiger partial charge in [0.1, 0.15) is 0 Å². The zero-order valence-electron chi connectivity index (χ0n) is 10.1. The highest BCUT2D eigenvalue weighted by Crippen LogP contribution is 2.07. The lowest BCUT2D eigenvalue weighted by Gasteiger charge is -1.97. The minimum Gasteiger partial charge on any atom is -0.411 e. The fraction of sp³-hybridized carbons (Fsp3) is 0.0625. The Hall–Kier alpha value is -2.53. The van der Waals surface area contributed by atoms with Gasteiger partial charge in [0.25, 0.3) is 0 Å². The zero-order valence-corrected chi connectivity index (χ0v) is 10.1. The van der Waals surface area contributed by atoms with Crippen LogP contribution in [0.2, 0.25) is 0 Å². The lowest BCUT2D eigenvalue weighted by atomic mass is 10.1. The van der Waals surface area contributed by atoms with Crippen LogP contribution in [0.25, 0.3) is 0 Å². The molecule has 0 radical (unpaired) electrons. The van der Waals surface area contributed by atoms with Gasteiger partial charge in [0.2, 0.25) is 0 Å². The fourth-order valence-corrected chi connectivity index (χ4v) is 1.63. The van der Waals surface area contributed by atoms with Gasteiger partial charge in [-0.25, -0.2) is 0 Å². The normalized spacial score (nSPS) is 10.1. The van der Waals surface area contributed by atoms with Crippen molar-refractivity contribution in [2.45, 2.75) is 6.92 Å². The van der Waals surface area contributed by atoms with E-state index in [0.29, 0.717) is 0 Å². The predicted molar refractivity (Wildman–Crippen MR) is 73.0 cm³/mol. The molecule has 0 aliphatic heterocycles. The van der Waals surface area contributed by atoms with Gasteiger partial charge in [-0.2, -0.15) is 0 Å². The van der Waals surface area contributed by atoms with Crippen molar-refractivity contribution >= 4 is 6.21 Å². The van der Waals surface area contributed by atoms with Gasteiger partial charge in [-0.15, -0.1) is 0 Å². The second-order valence-electron chi connectivity index (χ2n) is 3.90. The van der Waals surface area contributed by atoms with Crippen LogP contribution in [-0.2, 0) is 0 Å². The third kappa shape index (κ3) is 2.78. The van der Waals surface area contributed by atoms with Crippen molar-refractivity contribution in [1.82, 2.24) is 0 Å². The van der Waals surface area contributed by atoms with E-state index in [1.807, 2.05) is 55.5 Å². The fourth-order valence-electron chi connectivity index (χ4n) is 1.63. The number of nitrogens with zero attached hydrogens (tertiary/aromatic N) is 1. The second-order valence-corrected chi connectivity index (χ2v) is 3.90. The van der Waals surface area contributed by atoms with Crippen LogP contribution in [0.5, 0.6) is 0 Å². The molecule has 0 atom stereocenters. The molecule has 2 rings (SSSR count). The average molecular weight is 235 g/mol. The Morgan fingerprint density at radius 3 is 2.28 bits per heavy atom. The smallest absolute Gasteiger partial charge is 0.0746 e. The molecule has 0 bridgehead atoms. The van der Waals surface area contributed by atoms with Crippen LogP contribution < -0.4 is 0 Å². The summed E-state index contributed by atoms with van der Waals surface area (Å²) in [5.41, 5.74) is 3.81. The molecule has 0 unspecified atom stereocenters. The number of hydrogen-bond donors (Lipinski definition) is 1. The van der Waals surface area contributed by atoms with Crippen molar-refractivity contribution in [1.29, 1.82) is 0 Å². The summed E-state index contributed by atoms with van der Waals surface area (Å²) in [6.45, 7) is 2.03. The monoisotopic (exact) mass is 235 g/mol. The molecular formula is C16H13NO. The molecule has 0 aliphatic carbocycles. The van der Waals surface area contributed by atoms with Crippen LogP contribution in [0.15, 0.2) is 53.7 Å². The van der Waals surface area contributed by atoms with Crippen LogP contribution in [-0.4, -0.2) is 11.4 Å². The minimum atomic E-state index is 0.807. The first kappa shape index (κ1) is 11.9.